The molecular formula is C15H32N2O. The van der Waals surface area contributed by atoms with Gasteiger partial charge in [0.1, 0.15) is 0 Å². The first kappa shape index (κ1) is 17.4. The van der Waals surface area contributed by atoms with Crippen LogP contribution >= 0.6 is 0 Å². The number of rotatable bonds is 10. The van der Waals surface area contributed by atoms with Crippen molar-refractivity contribution in [3.8, 4) is 0 Å². The van der Waals surface area contributed by atoms with Gasteiger partial charge in [-0.1, -0.05) is 47.0 Å². The molecule has 18 heavy (non-hydrogen) atoms. The third kappa shape index (κ3) is 7.70. The van der Waals surface area contributed by atoms with Gasteiger partial charge in [-0.25, -0.2) is 0 Å². The summed E-state index contributed by atoms with van der Waals surface area (Å²) in [5.41, 5.74) is 5.71. The van der Waals surface area contributed by atoms with Gasteiger partial charge in [0, 0.05) is 12.6 Å². The molecule has 0 fully saturated rings. The zero-order chi connectivity index (χ0) is 14.0. The molecule has 108 valence electrons. The molecule has 0 rings (SSSR count). The highest BCUT2D eigenvalue weighted by molar-refractivity contribution is 5.79. The number of hydrogen-bond acceptors (Lipinski definition) is 2. The van der Waals surface area contributed by atoms with Crippen LogP contribution in [0.4, 0.5) is 0 Å². The molecule has 3 heteroatoms. The molecule has 1 amide bonds. The van der Waals surface area contributed by atoms with E-state index < -0.39 is 0 Å². The van der Waals surface area contributed by atoms with E-state index in [0.29, 0.717) is 18.5 Å². The second-order valence-corrected chi connectivity index (χ2v) is 5.70. The summed E-state index contributed by atoms with van der Waals surface area (Å²) >= 11 is 0. The Bertz CT molecular complexity index is 217. The normalized spacial score (nSPS) is 14.6. The monoisotopic (exact) mass is 256 g/mol. The predicted molar refractivity (Wildman–Crippen MR) is 78.4 cm³/mol. The van der Waals surface area contributed by atoms with Crippen LogP contribution in [0, 0.1) is 11.8 Å². The molecule has 0 heterocycles. The van der Waals surface area contributed by atoms with E-state index in [1.54, 1.807) is 0 Å². The highest BCUT2D eigenvalue weighted by Crippen LogP contribution is 2.13. The van der Waals surface area contributed by atoms with Gasteiger partial charge in [-0.15, -0.1) is 0 Å². The van der Waals surface area contributed by atoms with Crippen LogP contribution in [0.25, 0.3) is 0 Å². The summed E-state index contributed by atoms with van der Waals surface area (Å²) in [5.74, 6) is 0.649. The van der Waals surface area contributed by atoms with Gasteiger partial charge >= 0.3 is 0 Å². The molecule has 3 N–H and O–H groups in total. The second kappa shape index (κ2) is 10.4. The molecule has 0 bridgehead atoms. The van der Waals surface area contributed by atoms with Crippen LogP contribution in [0.15, 0.2) is 0 Å². The van der Waals surface area contributed by atoms with E-state index >= 15 is 0 Å². The number of unbranched alkanes of at least 4 members (excludes halogenated alkanes) is 1. The minimum Gasteiger partial charge on any atom is -0.353 e. The van der Waals surface area contributed by atoms with Crippen molar-refractivity contribution < 1.29 is 4.79 Å². The molecule has 0 aliphatic rings. The third-order valence-corrected chi connectivity index (χ3v) is 3.30. The molecule has 2 unspecified atom stereocenters. The first-order valence-corrected chi connectivity index (χ1v) is 7.55. The van der Waals surface area contributed by atoms with Crippen LogP contribution in [0.2, 0.25) is 0 Å². The van der Waals surface area contributed by atoms with Gasteiger partial charge in [-0.3, -0.25) is 4.79 Å². The summed E-state index contributed by atoms with van der Waals surface area (Å²) < 4.78 is 0. The standard InChI is InChI=1S/C15H32N2O/c1-5-7-9-14(8-6-2)17-15(18)13(11-16)10-12(3)4/h12-14H,5-11,16H2,1-4H3,(H,17,18). The van der Waals surface area contributed by atoms with Gasteiger partial charge < -0.3 is 11.1 Å². The molecule has 0 aliphatic carbocycles. The lowest BCUT2D eigenvalue weighted by Crippen LogP contribution is -2.41. The average molecular weight is 256 g/mol. The SMILES string of the molecule is CCCCC(CCC)NC(=O)C(CN)CC(C)C. The van der Waals surface area contributed by atoms with Crippen molar-refractivity contribution in [3.05, 3.63) is 0 Å². The van der Waals surface area contributed by atoms with Crippen molar-refractivity contribution in [1.29, 1.82) is 0 Å². The number of carbonyl (C=O) groups excluding carboxylic acids is 1. The Morgan fingerprint density at radius 2 is 1.83 bits per heavy atom. The molecule has 0 aliphatic heterocycles. The fourth-order valence-corrected chi connectivity index (χ4v) is 2.29. The number of hydrogen-bond donors (Lipinski definition) is 2. The molecule has 0 aromatic heterocycles. The Kier molecular flexibility index (Phi) is 10.0. The largest absolute Gasteiger partial charge is 0.353 e. The third-order valence-electron chi connectivity index (χ3n) is 3.30. The maximum Gasteiger partial charge on any atom is 0.224 e. The lowest BCUT2D eigenvalue weighted by Gasteiger charge is -2.22. The summed E-state index contributed by atoms with van der Waals surface area (Å²) in [6, 6.07) is 0.337. The van der Waals surface area contributed by atoms with Gasteiger partial charge in [-0.2, -0.15) is 0 Å². The van der Waals surface area contributed by atoms with Gasteiger partial charge in [0.2, 0.25) is 5.91 Å². The quantitative estimate of drug-likeness (QED) is 0.631. The fourth-order valence-electron chi connectivity index (χ4n) is 2.29. The van der Waals surface area contributed by atoms with Crippen LogP contribution in [-0.2, 0) is 4.79 Å². The Balaban J connectivity index is 4.26. The van der Waals surface area contributed by atoms with E-state index in [2.05, 4.69) is 33.0 Å². The molecule has 0 radical (unpaired) electrons. The Morgan fingerprint density at radius 3 is 2.28 bits per heavy atom. The summed E-state index contributed by atoms with van der Waals surface area (Å²) in [7, 11) is 0. The van der Waals surface area contributed by atoms with E-state index in [0.717, 1.165) is 25.7 Å². The van der Waals surface area contributed by atoms with E-state index in [1.165, 1.54) is 12.8 Å². The van der Waals surface area contributed by atoms with Gasteiger partial charge in [-0.05, 0) is 25.2 Å². The maximum atomic E-state index is 12.2. The average Bonchev–Trinajstić information content (AvgIpc) is 2.32. The van der Waals surface area contributed by atoms with E-state index in [9.17, 15) is 4.79 Å². The lowest BCUT2D eigenvalue weighted by molar-refractivity contribution is -0.126. The van der Waals surface area contributed by atoms with Gasteiger partial charge in [0.05, 0.1) is 5.92 Å². The smallest absolute Gasteiger partial charge is 0.224 e. The first-order valence-electron chi connectivity index (χ1n) is 7.55. The van der Waals surface area contributed by atoms with Crippen LogP contribution in [0.1, 0.15) is 66.2 Å². The van der Waals surface area contributed by atoms with E-state index in [-0.39, 0.29) is 11.8 Å². The minimum absolute atomic E-state index is 0.0222. The molecular weight excluding hydrogens is 224 g/mol. The van der Waals surface area contributed by atoms with Crippen molar-refractivity contribution in [2.24, 2.45) is 17.6 Å². The molecule has 0 spiro atoms. The van der Waals surface area contributed by atoms with Crippen LogP contribution in [-0.4, -0.2) is 18.5 Å². The molecule has 0 aromatic rings. The predicted octanol–water partition coefficient (Wildman–Crippen LogP) is 3.08. The first-order chi connectivity index (χ1) is 8.54. The Hall–Kier alpha value is -0.570. The summed E-state index contributed by atoms with van der Waals surface area (Å²) in [6.45, 7) is 9.08. The summed E-state index contributed by atoms with van der Waals surface area (Å²) in [6.07, 6.45) is 6.53. The maximum absolute atomic E-state index is 12.2. The zero-order valence-corrected chi connectivity index (χ0v) is 12.7. The van der Waals surface area contributed by atoms with Crippen molar-refractivity contribution in [1.82, 2.24) is 5.32 Å². The van der Waals surface area contributed by atoms with Crippen molar-refractivity contribution in [3.63, 3.8) is 0 Å². The Morgan fingerprint density at radius 1 is 1.17 bits per heavy atom. The molecule has 0 saturated heterocycles. The van der Waals surface area contributed by atoms with Crippen molar-refractivity contribution >= 4 is 5.91 Å². The number of amides is 1. The van der Waals surface area contributed by atoms with Gasteiger partial charge in [0.25, 0.3) is 0 Å². The second-order valence-electron chi connectivity index (χ2n) is 5.70. The number of nitrogens with one attached hydrogen (secondary N) is 1. The topological polar surface area (TPSA) is 55.1 Å². The number of carbonyl (C=O) groups is 1. The molecule has 2 atom stereocenters. The fraction of sp³-hybridized carbons (Fsp3) is 0.933. The zero-order valence-electron chi connectivity index (χ0n) is 12.7. The number of nitrogens with two attached hydrogens (primary N) is 1. The van der Waals surface area contributed by atoms with E-state index in [1.807, 2.05) is 0 Å². The van der Waals surface area contributed by atoms with Crippen molar-refractivity contribution in [2.75, 3.05) is 6.54 Å². The lowest BCUT2D eigenvalue weighted by atomic mass is 9.95. The van der Waals surface area contributed by atoms with E-state index in [4.69, 9.17) is 5.73 Å². The minimum atomic E-state index is -0.0222. The molecule has 0 aromatic carbocycles. The van der Waals surface area contributed by atoms with Crippen LogP contribution in [0.3, 0.4) is 0 Å². The summed E-state index contributed by atoms with van der Waals surface area (Å²) in [4.78, 5) is 12.2. The Labute approximate surface area is 113 Å². The molecule has 3 nitrogen and oxygen atoms in total. The van der Waals surface area contributed by atoms with Crippen molar-refractivity contribution in [2.45, 2.75) is 72.3 Å². The van der Waals surface area contributed by atoms with Crippen LogP contribution < -0.4 is 11.1 Å². The highest BCUT2D eigenvalue weighted by Gasteiger charge is 2.20. The van der Waals surface area contributed by atoms with Gasteiger partial charge in [0.15, 0.2) is 0 Å². The van der Waals surface area contributed by atoms with Crippen LogP contribution in [0.5, 0.6) is 0 Å². The summed E-state index contributed by atoms with van der Waals surface area (Å²) in [5, 5.41) is 3.19. The highest BCUT2D eigenvalue weighted by atomic mass is 16.1. The molecule has 0 saturated carbocycles.